The molecule has 0 saturated heterocycles. The third kappa shape index (κ3) is 2.80. The van der Waals surface area contributed by atoms with E-state index < -0.39 is 0 Å². The molecule has 0 aromatic heterocycles. The Morgan fingerprint density at radius 2 is 1.88 bits per heavy atom. The van der Waals surface area contributed by atoms with Crippen LogP contribution in [0.5, 0.6) is 0 Å². The Morgan fingerprint density at radius 1 is 1.12 bits per heavy atom. The SMILES string of the molecule is CCc1ccccc1Nc1cc(Br)ccc1N. The number of anilines is 3. The van der Waals surface area contributed by atoms with Gasteiger partial charge in [-0.3, -0.25) is 0 Å². The maximum Gasteiger partial charge on any atom is 0.0629 e. The average Bonchev–Trinajstić information content (AvgIpc) is 2.34. The first-order valence-electron chi connectivity index (χ1n) is 5.60. The number of hydrogen-bond acceptors (Lipinski definition) is 2. The molecule has 3 N–H and O–H groups in total. The van der Waals surface area contributed by atoms with Crippen molar-refractivity contribution in [3.8, 4) is 0 Å². The average molecular weight is 291 g/mol. The van der Waals surface area contributed by atoms with E-state index in [-0.39, 0.29) is 0 Å². The monoisotopic (exact) mass is 290 g/mol. The molecule has 0 bridgehead atoms. The summed E-state index contributed by atoms with van der Waals surface area (Å²) in [4.78, 5) is 0. The molecule has 0 aliphatic carbocycles. The molecule has 0 aliphatic heterocycles. The topological polar surface area (TPSA) is 38.0 Å². The number of hydrogen-bond donors (Lipinski definition) is 2. The summed E-state index contributed by atoms with van der Waals surface area (Å²) >= 11 is 3.45. The first-order chi connectivity index (χ1) is 8.20. The van der Waals surface area contributed by atoms with Gasteiger partial charge in [-0.25, -0.2) is 0 Å². The van der Waals surface area contributed by atoms with Crippen LogP contribution in [0.25, 0.3) is 0 Å². The molecule has 0 unspecified atom stereocenters. The minimum absolute atomic E-state index is 0.749. The normalized spacial score (nSPS) is 10.2. The molecule has 0 heterocycles. The van der Waals surface area contributed by atoms with Crippen LogP contribution in [0.1, 0.15) is 12.5 Å². The van der Waals surface area contributed by atoms with Gasteiger partial charge in [-0.05, 0) is 36.2 Å². The molecule has 88 valence electrons. The molecule has 0 spiro atoms. The third-order valence-electron chi connectivity index (χ3n) is 2.68. The quantitative estimate of drug-likeness (QED) is 0.826. The van der Waals surface area contributed by atoms with E-state index >= 15 is 0 Å². The lowest BCUT2D eigenvalue weighted by atomic mass is 10.1. The predicted molar refractivity (Wildman–Crippen MR) is 77.7 cm³/mol. The fourth-order valence-corrected chi connectivity index (χ4v) is 2.09. The van der Waals surface area contributed by atoms with Crippen molar-refractivity contribution >= 4 is 33.0 Å². The zero-order chi connectivity index (χ0) is 12.3. The van der Waals surface area contributed by atoms with Crippen LogP contribution in [0.15, 0.2) is 46.9 Å². The minimum Gasteiger partial charge on any atom is -0.397 e. The maximum absolute atomic E-state index is 5.95. The summed E-state index contributed by atoms with van der Waals surface area (Å²) in [5.41, 5.74) is 10.0. The van der Waals surface area contributed by atoms with Crippen LogP contribution < -0.4 is 11.1 Å². The highest BCUT2D eigenvalue weighted by atomic mass is 79.9. The Labute approximate surface area is 110 Å². The summed E-state index contributed by atoms with van der Waals surface area (Å²) in [6.07, 6.45) is 0.997. The fourth-order valence-electron chi connectivity index (χ4n) is 1.73. The number of nitrogens with one attached hydrogen (secondary N) is 1. The largest absolute Gasteiger partial charge is 0.397 e. The maximum atomic E-state index is 5.95. The second-order valence-corrected chi connectivity index (χ2v) is 4.78. The van der Waals surface area contributed by atoms with Gasteiger partial charge in [-0.15, -0.1) is 0 Å². The van der Waals surface area contributed by atoms with E-state index in [0.717, 1.165) is 28.0 Å². The first-order valence-corrected chi connectivity index (χ1v) is 6.40. The van der Waals surface area contributed by atoms with E-state index in [0.29, 0.717) is 0 Å². The van der Waals surface area contributed by atoms with Crippen molar-refractivity contribution in [3.05, 3.63) is 52.5 Å². The number of nitrogens with two attached hydrogens (primary N) is 1. The van der Waals surface area contributed by atoms with Crippen molar-refractivity contribution in [2.24, 2.45) is 0 Å². The van der Waals surface area contributed by atoms with Crippen molar-refractivity contribution in [1.82, 2.24) is 0 Å². The lowest BCUT2D eigenvalue weighted by molar-refractivity contribution is 1.14. The van der Waals surface area contributed by atoms with E-state index in [4.69, 9.17) is 5.73 Å². The van der Waals surface area contributed by atoms with Crippen LogP contribution in [0.3, 0.4) is 0 Å². The van der Waals surface area contributed by atoms with Crippen LogP contribution in [0.4, 0.5) is 17.1 Å². The van der Waals surface area contributed by atoms with Crippen LogP contribution in [0.2, 0.25) is 0 Å². The fraction of sp³-hybridized carbons (Fsp3) is 0.143. The van der Waals surface area contributed by atoms with Gasteiger partial charge < -0.3 is 11.1 Å². The molecular formula is C14H15BrN2. The molecule has 0 amide bonds. The summed E-state index contributed by atoms with van der Waals surface area (Å²) in [6, 6.07) is 14.1. The highest BCUT2D eigenvalue weighted by molar-refractivity contribution is 9.10. The molecule has 0 radical (unpaired) electrons. The highest BCUT2D eigenvalue weighted by Gasteiger charge is 2.03. The van der Waals surface area contributed by atoms with E-state index in [2.05, 4.69) is 40.3 Å². The molecule has 0 saturated carbocycles. The number of nitrogen functional groups attached to an aromatic ring is 1. The van der Waals surface area contributed by atoms with Gasteiger partial charge in [-0.2, -0.15) is 0 Å². The Hall–Kier alpha value is -1.48. The third-order valence-corrected chi connectivity index (χ3v) is 3.18. The molecule has 2 nitrogen and oxygen atoms in total. The zero-order valence-corrected chi connectivity index (χ0v) is 11.3. The summed E-state index contributed by atoms with van der Waals surface area (Å²) < 4.78 is 1.02. The lowest BCUT2D eigenvalue weighted by Crippen LogP contribution is -1.98. The lowest BCUT2D eigenvalue weighted by Gasteiger charge is -2.13. The van der Waals surface area contributed by atoms with Crippen LogP contribution >= 0.6 is 15.9 Å². The van der Waals surface area contributed by atoms with Gasteiger partial charge in [0.15, 0.2) is 0 Å². The zero-order valence-electron chi connectivity index (χ0n) is 9.70. The Bertz CT molecular complexity index is 523. The standard InChI is InChI=1S/C14H15BrN2/c1-2-10-5-3-4-6-13(10)17-14-9-11(15)7-8-12(14)16/h3-9,17H,2,16H2,1H3. The molecule has 2 rings (SSSR count). The van der Waals surface area contributed by atoms with Gasteiger partial charge in [-0.1, -0.05) is 41.1 Å². The van der Waals surface area contributed by atoms with Gasteiger partial charge in [0.2, 0.25) is 0 Å². The summed E-state index contributed by atoms with van der Waals surface area (Å²) in [5.74, 6) is 0. The van der Waals surface area contributed by atoms with E-state index in [1.807, 2.05) is 30.3 Å². The van der Waals surface area contributed by atoms with Crippen molar-refractivity contribution in [2.75, 3.05) is 11.1 Å². The minimum atomic E-state index is 0.749. The van der Waals surface area contributed by atoms with Gasteiger partial charge in [0.05, 0.1) is 11.4 Å². The van der Waals surface area contributed by atoms with Gasteiger partial charge in [0.25, 0.3) is 0 Å². The Kier molecular flexibility index (Phi) is 3.69. The number of aryl methyl sites for hydroxylation is 1. The van der Waals surface area contributed by atoms with E-state index in [9.17, 15) is 0 Å². The summed E-state index contributed by atoms with van der Waals surface area (Å²) in [6.45, 7) is 2.14. The molecule has 3 heteroatoms. The molecule has 0 aliphatic rings. The highest BCUT2D eigenvalue weighted by Crippen LogP contribution is 2.28. The van der Waals surface area contributed by atoms with Crippen molar-refractivity contribution < 1.29 is 0 Å². The smallest absolute Gasteiger partial charge is 0.0629 e. The molecule has 2 aromatic rings. The molecule has 0 atom stereocenters. The second-order valence-electron chi connectivity index (χ2n) is 3.87. The van der Waals surface area contributed by atoms with E-state index in [1.165, 1.54) is 5.56 Å². The summed E-state index contributed by atoms with van der Waals surface area (Å²) in [5, 5.41) is 3.38. The van der Waals surface area contributed by atoms with E-state index in [1.54, 1.807) is 0 Å². The summed E-state index contributed by atoms with van der Waals surface area (Å²) in [7, 11) is 0. The number of rotatable bonds is 3. The van der Waals surface area contributed by atoms with Gasteiger partial charge >= 0.3 is 0 Å². The van der Waals surface area contributed by atoms with Crippen molar-refractivity contribution in [1.29, 1.82) is 0 Å². The van der Waals surface area contributed by atoms with Crippen molar-refractivity contribution in [3.63, 3.8) is 0 Å². The van der Waals surface area contributed by atoms with Crippen LogP contribution in [-0.4, -0.2) is 0 Å². The van der Waals surface area contributed by atoms with Crippen LogP contribution in [0, 0.1) is 0 Å². The molecule has 2 aromatic carbocycles. The Morgan fingerprint density at radius 3 is 2.65 bits per heavy atom. The molecule has 0 fully saturated rings. The number of halogens is 1. The molecular weight excluding hydrogens is 276 g/mol. The van der Waals surface area contributed by atoms with Crippen LogP contribution in [-0.2, 0) is 6.42 Å². The Balaban J connectivity index is 2.34. The van der Waals surface area contributed by atoms with Crippen molar-refractivity contribution in [2.45, 2.75) is 13.3 Å². The predicted octanol–water partition coefficient (Wildman–Crippen LogP) is 4.34. The number of para-hydroxylation sites is 1. The second kappa shape index (κ2) is 5.23. The molecule has 17 heavy (non-hydrogen) atoms. The first kappa shape index (κ1) is 12.0. The van der Waals surface area contributed by atoms with Gasteiger partial charge in [0.1, 0.15) is 0 Å². The number of benzene rings is 2. The van der Waals surface area contributed by atoms with Gasteiger partial charge in [0, 0.05) is 10.2 Å².